The van der Waals surface area contributed by atoms with E-state index in [2.05, 4.69) is 5.43 Å². The molecular weight excluding hydrogens is 204 g/mol. The molecule has 2 rings (SSSR count). The maximum Gasteiger partial charge on any atom is 0.165 e. The molecule has 16 heavy (non-hydrogen) atoms. The van der Waals surface area contributed by atoms with E-state index in [9.17, 15) is 0 Å². The molecule has 1 aliphatic carbocycles. The number of nitrogens with two attached hydrogens (primary N) is 1. The van der Waals surface area contributed by atoms with Crippen molar-refractivity contribution in [3.8, 4) is 11.5 Å². The normalized spacial score (nSPS) is 16.9. The predicted octanol–water partition coefficient (Wildman–Crippen LogP) is 1.62. The highest BCUT2D eigenvalue weighted by Gasteiger charge is 2.33. The highest BCUT2D eigenvalue weighted by molar-refractivity contribution is 5.48. The maximum absolute atomic E-state index is 5.61. The summed E-state index contributed by atoms with van der Waals surface area (Å²) < 4.78 is 10.7. The number of hydrogen-bond donors (Lipinski definition) is 2. The molecule has 0 radical (unpaired) electrons. The fraction of sp³-hybridized carbons (Fsp3) is 0.500. The number of nitrogens with one attached hydrogen (secondary N) is 1. The van der Waals surface area contributed by atoms with Crippen molar-refractivity contribution in [2.75, 3.05) is 14.2 Å². The third kappa shape index (κ3) is 1.99. The lowest BCUT2D eigenvalue weighted by Crippen LogP contribution is -2.29. The molecule has 1 aliphatic rings. The van der Waals surface area contributed by atoms with Gasteiger partial charge in [0.25, 0.3) is 0 Å². The Morgan fingerprint density at radius 3 is 2.56 bits per heavy atom. The second-order valence-electron chi connectivity index (χ2n) is 4.06. The van der Waals surface area contributed by atoms with Crippen molar-refractivity contribution >= 4 is 0 Å². The van der Waals surface area contributed by atoms with Crippen molar-refractivity contribution in [3.05, 3.63) is 23.8 Å². The minimum atomic E-state index is 0.157. The summed E-state index contributed by atoms with van der Waals surface area (Å²) >= 11 is 0. The highest BCUT2D eigenvalue weighted by atomic mass is 16.5. The van der Waals surface area contributed by atoms with E-state index >= 15 is 0 Å². The van der Waals surface area contributed by atoms with Crippen molar-refractivity contribution in [2.24, 2.45) is 11.8 Å². The van der Waals surface area contributed by atoms with Crippen LogP contribution in [0.1, 0.15) is 24.4 Å². The van der Waals surface area contributed by atoms with Crippen LogP contribution in [0.5, 0.6) is 11.5 Å². The molecule has 0 saturated heterocycles. The van der Waals surface area contributed by atoms with Crippen molar-refractivity contribution in [1.29, 1.82) is 0 Å². The van der Waals surface area contributed by atoms with Gasteiger partial charge >= 0.3 is 0 Å². The van der Waals surface area contributed by atoms with Crippen LogP contribution in [-0.4, -0.2) is 14.2 Å². The Kier molecular flexibility index (Phi) is 3.31. The van der Waals surface area contributed by atoms with Crippen LogP contribution in [-0.2, 0) is 0 Å². The van der Waals surface area contributed by atoms with Gasteiger partial charge in [-0.25, -0.2) is 0 Å². The molecule has 0 aliphatic heterocycles. The van der Waals surface area contributed by atoms with Gasteiger partial charge in [-0.15, -0.1) is 0 Å². The fourth-order valence-electron chi connectivity index (χ4n) is 2.07. The van der Waals surface area contributed by atoms with E-state index in [1.165, 1.54) is 12.8 Å². The first-order valence-electron chi connectivity index (χ1n) is 5.48. The third-order valence-corrected chi connectivity index (χ3v) is 3.04. The van der Waals surface area contributed by atoms with Gasteiger partial charge in [0, 0.05) is 5.56 Å². The Hall–Kier alpha value is -1.26. The minimum Gasteiger partial charge on any atom is -0.493 e. The molecule has 1 aromatic rings. The van der Waals surface area contributed by atoms with Gasteiger partial charge in [0.05, 0.1) is 20.3 Å². The van der Waals surface area contributed by atoms with Gasteiger partial charge in [0.15, 0.2) is 11.5 Å². The molecule has 1 fully saturated rings. The first kappa shape index (κ1) is 11.2. The minimum absolute atomic E-state index is 0.157. The number of ether oxygens (including phenoxy) is 2. The average molecular weight is 222 g/mol. The van der Waals surface area contributed by atoms with E-state index in [1.807, 2.05) is 18.2 Å². The predicted molar refractivity (Wildman–Crippen MR) is 62.3 cm³/mol. The summed E-state index contributed by atoms with van der Waals surface area (Å²) in [5.41, 5.74) is 3.95. The molecule has 3 N–H and O–H groups in total. The number of rotatable bonds is 5. The van der Waals surface area contributed by atoms with Gasteiger partial charge in [0.2, 0.25) is 0 Å². The largest absolute Gasteiger partial charge is 0.493 e. The highest BCUT2D eigenvalue weighted by Crippen LogP contribution is 2.45. The second kappa shape index (κ2) is 4.72. The van der Waals surface area contributed by atoms with Gasteiger partial charge in [-0.05, 0) is 24.8 Å². The molecule has 88 valence electrons. The van der Waals surface area contributed by atoms with Gasteiger partial charge in [-0.3, -0.25) is 11.3 Å². The molecule has 1 aromatic carbocycles. The van der Waals surface area contributed by atoms with Gasteiger partial charge in [-0.1, -0.05) is 12.1 Å². The first-order chi connectivity index (χ1) is 7.81. The Morgan fingerprint density at radius 2 is 2.06 bits per heavy atom. The molecule has 4 heteroatoms. The van der Waals surface area contributed by atoms with Crippen LogP contribution in [0.25, 0.3) is 0 Å². The smallest absolute Gasteiger partial charge is 0.165 e. The summed E-state index contributed by atoms with van der Waals surface area (Å²) in [4.78, 5) is 0. The van der Waals surface area contributed by atoms with Gasteiger partial charge in [0.1, 0.15) is 0 Å². The zero-order valence-electron chi connectivity index (χ0n) is 9.69. The number of para-hydroxylation sites is 1. The van der Waals surface area contributed by atoms with Crippen LogP contribution < -0.4 is 20.7 Å². The summed E-state index contributed by atoms with van der Waals surface area (Å²) in [6.45, 7) is 0. The molecule has 0 bridgehead atoms. The van der Waals surface area contributed by atoms with Gasteiger partial charge < -0.3 is 9.47 Å². The lowest BCUT2D eigenvalue weighted by Gasteiger charge is -2.20. The van der Waals surface area contributed by atoms with Crippen molar-refractivity contribution in [3.63, 3.8) is 0 Å². The molecule has 0 spiro atoms. The van der Waals surface area contributed by atoms with E-state index in [-0.39, 0.29) is 6.04 Å². The molecule has 4 nitrogen and oxygen atoms in total. The molecular formula is C12H18N2O2. The lowest BCUT2D eigenvalue weighted by molar-refractivity contribution is 0.344. The third-order valence-electron chi connectivity index (χ3n) is 3.04. The molecule has 1 atom stereocenters. The van der Waals surface area contributed by atoms with Crippen molar-refractivity contribution < 1.29 is 9.47 Å². The SMILES string of the molecule is COc1cccc(C(NN)C2CC2)c1OC. The van der Waals surface area contributed by atoms with Crippen molar-refractivity contribution in [1.82, 2.24) is 5.43 Å². The topological polar surface area (TPSA) is 56.5 Å². The van der Waals surface area contributed by atoms with Gasteiger partial charge in [-0.2, -0.15) is 0 Å². The Balaban J connectivity index is 2.37. The number of hydrogen-bond acceptors (Lipinski definition) is 4. The monoisotopic (exact) mass is 222 g/mol. The molecule has 0 aromatic heterocycles. The zero-order valence-corrected chi connectivity index (χ0v) is 9.69. The Morgan fingerprint density at radius 1 is 1.31 bits per heavy atom. The van der Waals surface area contributed by atoms with E-state index in [0.717, 1.165) is 17.1 Å². The molecule has 1 unspecified atom stereocenters. The summed E-state index contributed by atoms with van der Waals surface area (Å²) in [6, 6.07) is 6.04. The van der Waals surface area contributed by atoms with Crippen LogP contribution in [0.3, 0.4) is 0 Å². The Bertz CT molecular complexity index is 364. The van der Waals surface area contributed by atoms with Crippen LogP contribution in [0.15, 0.2) is 18.2 Å². The summed E-state index contributed by atoms with van der Waals surface area (Å²) in [7, 11) is 3.30. The molecule has 1 saturated carbocycles. The fourth-order valence-corrected chi connectivity index (χ4v) is 2.07. The molecule has 0 amide bonds. The van der Waals surface area contributed by atoms with Crippen LogP contribution >= 0.6 is 0 Å². The standard InChI is InChI=1S/C12H18N2O2/c1-15-10-5-3-4-9(12(10)16-2)11(14-13)8-6-7-8/h3-5,8,11,14H,6-7,13H2,1-2H3. The maximum atomic E-state index is 5.61. The first-order valence-corrected chi connectivity index (χ1v) is 5.48. The van der Waals surface area contributed by atoms with Crippen molar-refractivity contribution in [2.45, 2.75) is 18.9 Å². The van der Waals surface area contributed by atoms with E-state index < -0.39 is 0 Å². The van der Waals surface area contributed by atoms with Crippen LogP contribution in [0.2, 0.25) is 0 Å². The summed E-state index contributed by atoms with van der Waals surface area (Å²) in [5, 5.41) is 0. The van der Waals surface area contributed by atoms with Crippen LogP contribution in [0, 0.1) is 5.92 Å². The Labute approximate surface area is 95.7 Å². The van der Waals surface area contributed by atoms with E-state index in [1.54, 1.807) is 14.2 Å². The molecule has 0 heterocycles. The summed E-state index contributed by atoms with van der Waals surface area (Å²) in [6.07, 6.45) is 2.43. The number of hydrazine groups is 1. The number of methoxy groups -OCH3 is 2. The zero-order chi connectivity index (χ0) is 11.5. The second-order valence-corrected chi connectivity index (χ2v) is 4.06. The lowest BCUT2D eigenvalue weighted by atomic mass is 10.0. The van der Waals surface area contributed by atoms with E-state index in [0.29, 0.717) is 5.92 Å². The van der Waals surface area contributed by atoms with Crippen LogP contribution in [0.4, 0.5) is 0 Å². The average Bonchev–Trinajstić information content (AvgIpc) is 3.14. The van der Waals surface area contributed by atoms with E-state index in [4.69, 9.17) is 15.3 Å². The summed E-state index contributed by atoms with van der Waals surface area (Å²) in [5.74, 6) is 7.76. The quantitative estimate of drug-likeness (QED) is 0.587. The number of benzene rings is 1.